The maximum Gasteiger partial charge on any atom is 0.416 e. The first-order valence-electron chi connectivity index (χ1n) is 14.2. The number of nitrogens with two attached hydrogens (primary N) is 1. The molecule has 0 aliphatic carbocycles. The van der Waals surface area contributed by atoms with Crippen LogP contribution in [0, 0.1) is 6.92 Å². The van der Waals surface area contributed by atoms with E-state index in [9.17, 15) is 22.8 Å². The molecule has 0 bridgehead atoms. The predicted molar refractivity (Wildman–Crippen MR) is 168 cm³/mol. The SMILES string of the molecule is CCN1CCN(c2cc(C(=O)Nc3ccc(C)c(-c4nc(NCc5ccccc5)sc4C(N)=O)c3)cc(C(F)(F)F)c2)CC1. The van der Waals surface area contributed by atoms with Crippen molar-refractivity contribution in [3.05, 3.63) is 93.9 Å². The van der Waals surface area contributed by atoms with Crippen LogP contribution in [0.25, 0.3) is 11.3 Å². The first kappa shape index (κ1) is 31.0. The van der Waals surface area contributed by atoms with E-state index in [2.05, 4.69) is 20.5 Å². The Morgan fingerprint density at radius 3 is 2.39 bits per heavy atom. The van der Waals surface area contributed by atoms with Gasteiger partial charge in [-0.25, -0.2) is 4.98 Å². The number of benzene rings is 3. The topological polar surface area (TPSA) is 104 Å². The van der Waals surface area contributed by atoms with Crippen molar-refractivity contribution in [2.45, 2.75) is 26.6 Å². The Bertz CT molecular complexity index is 1650. The first-order valence-corrected chi connectivity index (χ1v) is 15.0. The summed E-state index contributed by atoms with van der Waals surface area (Å²) in [6.45, 7) is 7.83. The van der Waals surface area contributed by atoms with Gasteiger partial charge in [0.2, 0.25) is 0 Å². The normalized spacial score (nSPS) is 14.0. The van der Waals surface area contributed by atoms with Crippen molar-refractivity contribution < 1.29 is 22.8 Å². The highest BCUT2D eigenvalue weighted by molar-refractivity contribution is 7.18. The summed E-state index contributed by atoms with van der Waals surface area (Å²) in [6, 6.07) is 18.2. The van der Waals surface area contributed by atoms with E-state index in [1.165, 1.54) is 6.07 Å². The lowest BCUT2D eigenvalue weighted by Gasteiger charge is -2.36. The number of carbonyl (C=O) groups excluding carboxylic acids is 2. The fraction of sp³-hybridized carbons (Fsp3) is 0.281. The van der Waals surface area contributed by atoms with Crippen molar-refractivity contribution >= 4 is 39.7 Å². The molecule has 1 fully saturated rings. The van der Waals surface area contributed by atoms with E-state index in [0.717, 1.165) is 54.2 Å². The minimum Gasteiger partial charge on any atom is -0.369 e. The summed E-state index contributed by atoms with van der Waals surface area (Å²) in [6.07, 6.45) is -4.62. The van der Waals surface area contributed by atoms with Crippen molar-refractivity contribution in [3.8, 4) is 11.3 Å². The largest absolute Gasteiger partial charge is 0.416 e. The Morgan fingerprint density at radius 2 is 1.73 bits per heavy atom. The van der Waals surface area contributed by atoms with Crippen LogP contribution in [0.1, 0.15) is 43.6 Å². The van der Waals surface area contributed by atoms with Gasteiger partial charge in [0.25, 0.3) is 11.8 Å². The molecule has 0 spiro atoms. The first-order chi connectivity index (χ1) is 21.0. The highest BCUT2D eigenvalue weighted by Crippen LogP contribution is 2.36. The minimum atomic E-state index is -4.62. The number of piperazine rings is 1. The summed E-state index contributed by atoms with van der Waals surface area (Å²) in [4.78, 5) is 34.7. The van der Waals surface area contributed by atoms with Crippen molar-refractivity contribution in [1.82, 2.24) is 9.88 Å². The van der Waals surface area contributed by atoms with Crippen molar-refractivity contribution in [1.29, 1.82) is 0 Å². The number of hydrogen-bond donors (Lipinski definition) is 3. The number of halogens is 3. The fourth-order valence-electron chi connectivity index (χ4n) is 5.09. The summed E-state index contributed by atoms with van der Waals surface area (Å²) in [5.74, 6) is -1.33. The van der Waals surface area contributed by atoms with Gasteiger partial charge >= 0.3 is 6.18 Å². The smallest absolute Gasteiger partial charge is 0.369 e. The van der Waals surface area contributed by atoms with Gasteiger partial charge in [-0.15, -0.1) is 0 Å². The second kappa shape index (κ2) is 13.1. The van der Waals surface area contributed by atoms with Crippen molar-refractivity contribution in [2.24, 2.45) is 5.73 Å². The lowest BCUT2D eigenvalue weighted by molar-refractivity contribution is -0.137. The third kappa shape index (κ3) is 7.20. The Balaban J connectivity index is 1.41. The second-order valence-electron chi connectivity index (χ2n) is 10.6. The van der Waals surface area contributed by atoms with E-state index >= 15 is 0 Å². The maximum absolute atomic E-state index is 13.9. The predicted octanol–water partition coefficient (Wildman–Crippen LogP) is 6.24. The zero-order chi connectivity index (χ0) is 31.4. The van der Waals surface area contributed by atoms with E-state index in [1.54, 1.807) is 18.2 Å². The Kier molecular flexibility index (Phi) is 9.21. The molecule has 2 heterocycles. The molecule has 4 aromatic rings. The van der Waals surface area contributed by atoms with E-state index < -0.39 is 23.6 Å². The van der Waals surface area contributed by atoms with Gasteiger partial charge < -0.3 is 26.2 Å². The second-order valence-corrected chi connectivity index (χ2v) is 11.6. The molecule has 1 aliphatic rings. The Labute approximate surface area is 257 Å². The van der Waals surface area contributed by atoms with Crippen LogP contribution in [0.15, 0.2) is 66.7 Å². The molecule has 0 unspecified atom stereocenters. The fourth-order valence-corrected chi connectivity index (χ4v) is 5.92. The van der Waals surface area contributed by atoms with Crippen LogP contribution in [-0.4, -0.2) is 54.4 Å². The van der Waals surface area contributed by atoms with Gasteiger partial charge in [0.1, 0.15) is 4.88 Å². The Morgan fingerprint density at radius 1 is 1.00 bits per heavy atom. The van der Waals surface area contributed by atoms with E-state index in [4.69, 9.17) is 5.73 Å². The summed E-state index contributed by atoms with van der Waals surface area (Å²) in [5.41, 5.74) is 8.14. The standard InChI is InChI=1S/C32H33F3N6O2S/c1-3-40-11-13-41(14-12-40)25-16-22(15-23(17-25)32(33,34)35)30(43)38-24-10-9-20(2)26(18-24)27-28(29(36)42)44-31(39-27)37-19-21-7-5-4-6-8-21/h4-10,15-18H,3,11-14,19H2,1-2H3,(H2,36,42)(H,37,39)(H,38,43). The van der Waals surface area contributed by atoms with Crippen LogP contribution in [0.5, 0.6) is 0 Å². The number of anilines is 3. The highest BCUT2D eigenvalue weighted by Gasteiger charge is 2.33. The zero-order valence-corrected chi connectivity index (χ0v) is 25.2. The molecule has 1 aliphatic heterocycles. The maximum atomic E-state index is 13.9. The zero-order valence-electron chi connectivity index (χ0n) is 24.4. The summed E-state index contributed by atoms with van der Waals surface area (Å²) >= 11 is 1.13. The van der Waals surface area contributed by atoms with E-state index in [-0.39, 0.29) is 10.4 Å². The lowest BCUT2D eigenvalue weighted by atomic mass is 10.0. The summed E-state index contributed by atoms with van der Waals surface area (Å²) in [7, 11) is 0. The number of aromatic nitrogens is 1. The number of nitrogens with one attached hydrogen (secondary N) is 2. The molecule has 0 radical (unpaired) electrons. The van der Waals surface area contributed by atoms with Crippen LogP contribution in [-0.2, 0) is 12.7 Å². The average molecular weight is 623 g/mol. The number of likely N-dealkylation sites (N-methyl/N-ethyl adjacent to an activating group) is 1. The van der Waals surface area contributed by atoms with Crippen LogP contribution >= 0.6 is 11.3 Å². The summed E-state index contributed by atoms with van der Waals surface area (Å²) in [5, 5.41) is 6.46. The van der Waals surface area contributed by atoms with Gasteiger partial charge in [-0.3, -0.25) is 9.59 Å². The molecule has 2 amide bonds. The molecular formula is C32H33F3N6O2S. The van der Waals surface area contributed by atoms with Gasteiger partial charge in [-0.1, -0.05) is 54.7 Å². The molecule has 0 atom stereocenters. The number of nitrogens with zero attached hydrogens (tertiary/aromatic N) is 3. The molecule has 3 aromatic carbocycles. The van der Waals surface area contributed by atoms with Gasteiger partial charge in [0.15, 0.2) is 5.13 Å². The van der Waals surface area contributed by atoms with E-state index in [0.29, 0.717) is 47.4 Å². The number of primary amides is 1. The number of rotatable bonds is 9. The van der Waals surface area contributed by atoms with E-state index in [1.807, 2.05) is 49.1 Å². The molecular weight excluding hydrogens is 589 g/mol. The molecule has 5 rings (SSSR count). The van der Waals surface area contributed by atoms with Gasteiger partial charge in [0.05, 0.1) is 11.3 Å². The van der Waals surface area contributed by atoms with Crippen molar-refractivity contribution in [3.63, 3.8) is 0 Å². The molecule has 8 nitrogen and oxygen atoms in total. The molecule has 44 heavy (non-hydrogen) atoms. The van der Waals surface area contributed by atoms with Gasteiger partial charge in [-0.05, 0) is 54.9 Å². The highest BCUT2D eigenvalue weighted by atomic mass is 32.1. The molecule has 12 heteroatoms. The number of thiazole rings is 1. The third-order valence-corrected chi connectivity index (χ3v) is 8.61. The quantitative estimate of drug-likeness (QED) is 0.204. The molecule has 1 saturated heterocycles. The summed E-state index contributed by atoms with van der Waals surface area (Å²) < 4.78 is 41.6. The van der Waals surface area contributed by atoms with Gasteiger partial charge in [-0.2, -0.15) is 13.2 Å². The van der Waals surface area contributed by atoms with Gasteiger partial charge in [0, 0.05) is 55.2 Å². The molecule has 1 aromatic heterocycles. The van der Waals surface area contributed by atoms with Crippen LogP contribution < -0.4 is 21.3 Å². The van der Waals surface area contributed by atoms with Crippen LogP contribution in [0.3, 0.4) is 0 Å². The Hall–Kier alpha value is -4.42. The molecule has 4 N–H and O–H groups in total. The number of aryl methyl sites for hydroxylation is 1. The molecule has 230 valence electrons. The number of amides is 2. The van der Waals surface area contributed by atoms with Crippen molar-refractivity contribution in [2.75, 3.05) is 48.3 Å². The third-order valence-electron chi connectivity index (χ3n) is 7.58. The minimum absolute atomic E-state index is 0.103. The average Bonchev–Trinajstić information content (AvgIpc) is 3.45. The number of hydrogen-bond acceptors (Lipinski definition) is 7. The monoisotopic (exact) mass is 622 g/mol. The lowest BCUT2D eigenvalue weighted by Crippen LogP contribution is -2.46. The van der Waals surface area contributed by atoms with Crippen LogP contribution in [0.4, 0.5) is 29.7 Å². The number of carbonyl (C=O) groups is 2. The number of alkyl halides is 3. The van der Waals surface area contributed by atoms with Crippen LogP contribution in [0.2, 0.25) is 0 Å². The molecule has 0 saturated carbocycles.